The van der Waals surface area contributed by atoms with Crippen LogP contribution in [0.5, 0.6) is 0 Å². The summed E-state index contributed by atoms with van der Waals surface area (Å²) in [6, 6.07) is 0. The molecule has 0 heterocycles. The maximum absolute atomic E-state index is 6.11. The van der Waals surface area contributed by atoms with Crippen LogP contribution in [0.2, 0.25) is 39.3 Å². The van der Waals surface area contributed by atoms with Crippen molar-refractivity contribution in [3.05, 3.63) is 30.6 Å². The normalized spacial score (nSPS) is 25.3. The highest BCUT2D eigenvalue weighted by atomic mass is 28.4. The zero-order valence-electron chi connectivity index (χ0n) is 12.9. The Bertz CT molecular complexity index is 368. The largest absolute Gasteiger partial charge is 0.547 e. The van der Waals surface area contributed by atoms with Gasteiger partial charge in [0, 0.05) is 12.2 Å². The maximum atomic E-state index is 6.11. The fraction of sp³-hybridized carbons (Fsp3) is 0.643. The Morgan fingerprint density at radius 3 is 2.00 bits per heavy atom. The van der Waals surface area contributed by atoms with Gasteiger partial charge in [-0.25, -0.2) is 0 Å². The van der Waals surface area contributed by atoms with E-state index in [9.17, 15) is 0 Å². The lowest BCUT2D eigenvalue weighted by atomic mass is 9.85. The van der Waals surface area contributed by atoms with Crippen LogP contribution in [-0.4, -0.2) is 16.6 Å². The van der Waals surface area contributed by atoms with Gasteiger partial charge >= 0.3 is 0 Å². The lowest BCUT2D eigenvalue weighted by molar-refractivity contribution is 0.328. The standard InChI is InChI=1S/C14H27O2Si2/c1-14(2)10-12(15-17(3,4)5)9-13(11-14)16-18(6,7)8/h9-10H,1,11H2,2-8H3/q+1. The zero-order chi connectivity index (χ0) is 14.2. The van der Waals surface area contributed by atoms with Gasteiger partial charge in [0.1, 0.15) is 11.2 Å². The number of hydrogen-bond donors (Lipinski definition) is 0. The summed E-state index contributed by atoms with van der Waals surface area (Å²) in [4.78, 5) is 0. The molecule has 0 aliphatic heterocycles. The van der Waals surface area contributed by atoms with Crippen LogP contribution in [0.1, 0.15) is 13.3 Å². The van der Waals surface area contributed by atoms with E-state index < -0.39 is 16.6 Å². The minimum atomic E-state index is -1.58. The maximum Gasteiger partial charge on any atom is 0.242 e. The molecular formula is C14H27O2Si2+. The van der Waals surface area contributed by atoms with Crippen LogP contribution in [0.15, 0.2) is 23.7 Å². The number of hydrogen-bond acceptors (Lipinski definition) is 2. The first-order valence-electron chi connectivity index (χ1n) is 6.53. The SMILES string of the molecule is [CH2+]C1(C)C=C(O[Si](C)(C)C)C=C(O[Si](C)(C)C)C1. The second kappa shape index (κ2) is 4.81. The Balaban J connectivity index is 2.91. The molecule has 0 N–H and O–H groups in total. The average molecular weight is 284 g/mol. The van der Waals surface area contributed by atoms with E-state index in [1.807, 2.05) is 0 Å². The summed E-state index contributed by atoms with van der Waals surface area (Å²) in [6.45, 7) is 19.5. The molecule has 102 valence electrons. The molecule has 18 heavy (non-hydrogen) atoms. The third-order valence-electron chi connectivity index (χ3n) is 2.23. The van der Waals surface area contributed by atoms with Gasteiger partial charge in [-0.15, -0.1) is 0 Å². The topological polar surface area (TPSA) is 18.5 Å². The number of rotatable bonds is 4. The minimum Gasteiger partial charge on any atom is -0.547 e. The van der Waals surface area contributed by atoms with Crippen LogP contribution in [0, 0.1) is 12.3 Å². The van der Waals surface area contributed by atoms with Gasteiger partial charge < -0.3 is 8.85 Å². The molecule has 0 aromatic heterocycles. The third-order valence-corrected chi connectivity index (χ3v) is 3.96. The lowest BCUT2D eigenvalue weighted by Gasteiger charge is -2.30. The Labute approximate surface area is 114 Å². The summed E-state index contributed by atoms with van der Waals surface area (Å²) in [5, 5.41) is 0. The smallest absolute Gasteiger partial charge is 0.242 e. The van der Waals surface area contributed by atoms with E-state index in [1.54, 1.807) is 0 Å². The third kappa shape index (κ3) is 5.82. The van der Waals surface area contributed by atoms with Crippen molar-refractivity contribution >= 4 is 16.6 Å². The Morgan fingerprint density at radius 2 is 1.56 bits per heavy atom. The van der Waals surface area contributed by atoms with Crippen LogP contribution in [-0.2, 0) is 8.85 Å². The first-order chi connectivity index (χ1) is 7.86. The highest BCUT2D eigenvalue weighted by Gasteiger charge is 2.33. The molecular weight excluding hydrogens is 256 g/mol. The van der Waals surface area contributed by atoms with Gasteiger partial charge in [0.2, 0.25) is 16.6 Å². The van der Waals surface area contributed by atoms with E-state index in [2.05, 4.69) is 65.3 Å². The molecule has 0 saturated heterocycles. The lowest BCUT2D eigenvalue weighted by Crippen LogP contribution is -2.30. The van der Waals surface area contributed by atoms with Crippen molar-refractivity contribution in [2.45, 2.75) is 52.6 Å². The predicted octanol–water partition coefficient (Wildman–Crippen LogP) is 4.70. The number of allylic oxidation sites excluding steroid dienone is 3. The van der Waals surface area contributed by atoms with Crippen LogP contribution in [0.25, 0.3) is 0 Å². The Hall–Kier alpha value is -0.616. The van der Waals surface area contributed by atoms with Crippen molar-refractivity contribution in [1.29, 1.82) is 0 Å². The van der Waals surface area contributed by atoms with Gasteiger partial charge in [-0.3, -0.25) is 0 Å². The molecule has 2 nitrogen and oxygen atoms in total. The second-order valence-corrected chi connectivity index (χ2v) is 16.3. The monoisotopic (exact) mass is 283 g/mol. The van der Waals surface area contributed by atoms with Gasteiger partial charge in [-0.05, 0) is 46.2 Å². The van der Waals surface area contributed by atoms with Crippen LogP contribution < -0.4 is 0 Å². The quantitative estimate of drug-likeness (QED) is 0.550. The highest BCUT2D eigenvalue weighted by molar-refractivity contribution is 6.70. The molecule has 1 aliphatic rings. The molecule has 1 rings (SSSR count). The molecule has 0 fully saturated rings. The van der Waals surface area contributed by atoms with Gasteiger partial charge in [-0.2, -0.15) is 0 Å². The molecule has 1 aliphatic carbocycles. The molecule has 4 heteroatoms. The van der Waals surface area contributed by atoms with E-state index in [1.165, 1.54) is 0 Å². The summed E-state index contributed by atoms with van der Waals surface area (Å²) in [6.07, 6.45) is 5.04. The van der Waals surface area contributed by atoms with E-state index in [0.29, 0.717) is 0 Å². The molecule has 0 saturated carbocycles. The molecule has 0 aromatic carbocycles. The summed E-state index contributed by atoms with van der Waals surface area (Å²) in [5.74, 6) is 1.97. The van der Waals surface area contributed by atoms with Crippen molar-refractivity contribution in [3.63, 3.8) is 0 Å². The molecule has 0 radical (unpaired) electrons. The van der Waals surface area contributed by atoms with E-state index >= 15 is 0 Å². The van der Waals surface area contributed by atoms with Crippen molar-refractivity contribution in [1.82, 2.24) is 0 Å². The van der Waals surface area contributed by atoms with Gasteiger partial charge in [0.25, 0.3) is 0 Å². The van der Waals surface area contributed by atoms with Crippen molar-refractivity contribution in [2.75, 3.05) is 0 Å². The molecule has 1 atom stereocenters. The first-order valence-corrected chi connectivity index (χ1v) is 13.3. The molecule has 1 unspecified atom stereocenters. The summed E-state index contributed by atoms with van der Waals surface area (Å²) in [5.41, 5.74) is -0.126. The second-order valence-electron chi connectivity index (χ2n) is 7.42. The van der Waals surface area contributed by atoms with Crippen molar-refractivity contribution < 1.29 is 8.85 Å². The van der Waals surface area contributed by atoms with Crippen LogP contribution in [0.4, 0.5) is 0 Å². The fourth-order valence-corrected chi connectivity index (χ4v) is 3.66. The van der Waals surface area contributed by atoms with Crippen LogP contribution in [0.3, 0.4) is 0 Å². The molecule has 0 aromatic rings. The van der Waals surface area contributed by atoms with Crippen molar-refractivity contribution in [2.24, 2.45) is 5.41 Å². The fourth-order valence-electron chi connectivity index (χ4n) is 1.92. The van der Waals surface area contributed by atoms with Gasteiger partial charge in [0.05, 0.1) is 19.1 Å². The minimum absolute atomic E-state index is 0.126. The van der Waals surface area contributed by atoms with E-state index in [-0.39, 0.29) is 5.41 Å². The summed E-state index contributed by atoms with van der Waals surface area (Å²) >= 11 is 0. The zero-order valence-corrected chi connectivity index (χ0v) is 14.9. The Kier molecular flexibility index (Phi) is 4.13. The van der Waals surface area contributed by atoms with Crippen molar-refractivity contribution in [3.8, 4) is 0 Å². The Morgan fingerprint density at radius 1 is 1.06 bits per heavy atom. The predicted molar refractivity (Wildman–Crippen MR) is 83.1 cm³/mol. The van der Waals surface area contributed by atoms with E-state index in [4.69, 9.17) is 8.85 Å². The first kappa shape index (κ1) is 15.4. The van der Waals surface area contributed by atoms with Gasteiger partial charge in [-0.1, -0.05) is 0 Å². The van der Waals surface area contributed by atoms with Crippen LogP contribution >= 0.6 is 0 Å². The molecule has 0 bridgehead atoms. The summed E-state index contributed by atoms with van der Waals surface area (Å²) < 4.78 is 12.2. The van der Waals surface area contributed by atoms with Gasteiger partial charge in [0.15, 0.2) is 0 Å². The molecule has 0 spiro atoms. The summed E-state index contributed by atoms with van der Waals surface area (Å²) in [7, 11) is -3.14. The van der Waals surface area contributed by atoms with E-state index in [0.717, 1.165) is 17.9 Å². The highest BCUT2D eigenvalue weighted by Crippen LogP contribution is 2.35. The average Bonchev–Trinajstić information content (AvgIpc) is 1.90. The molecule has 0 amide bonds.